The number of unbranched alkanes of at least 4 members (excludes halogenated alkanes) is 3. The van der Waals surface area contributed by atoms with Gasteiger partial charge in [0.2, 0.25) is 0 Å². The second kappa shape index (κ2) is 31.2. The molecule has 0 unspecified atom stereocenters. The van der Waals surface area contributed by atoms with Crippen LogP contribution in [0.3, 0.4) is 0 Å². The van der Waals surface area contributed by atoms with Gasteiger partial charge in [0.05, 0.1) is 30.2 Å². The molecule has 0 aromatic heterocycles. The minimum absolute atomic E-state index is 0.103. The zero-order valence-electron chi connectivity index (χ0n) is 40.1. The number of anilines is 1. The number of nitrogens with zero attached hydrogens (tertiary/aromatic N) is 2. The van der Waals surface area contributed by atoms with E-state index in [1.165, 1.54) is 0 Å². The minimum Gasteiger partial charge on any atom is -0.494 e. The predicted octanol–water partition coefficient (Wildman–Crippen LogP) is 11.4. The van der Waals surface area contributed by atoms with Crippen molar-refractivity contribution in [1.82, 2.24) is 0 Å². The van der Waals surface area contributed by atoms with Crippen molar-refractivity contribution in [3.63, 3.8) is 0 Å². The molecule has 4 aromatic rings. The number of ether oxygens (including phenoxy) is 7. The summed E-state index contributed by atoms with van der Waals surface area (Å²) in [4.78, 5) is 57.8. The smallest absolute Gasteiger partial charge is 0.343 e. The number of benzene rings is 4. The quantitative estimate of drug-likeness (QED) is 0.0135. The van der Waals surface area contributed by atoms with E-state index in [1.54, 1.807) is 100 Å². The highest BCUT2D eigenvalue weighted by molar-refractivity contribution is 5.94. The predicted molar refractivity (Wildman–Crippen MR) is 265 cm³/mol. The zero-order valence-corrected chi connectivity index (χ0v) is 40.1. The van der Waals surface area contributed by atoms with Gasteiger partial charge in [-0.15, -0.1) is 0 Å². The monoisotopic (exact) mass is 945 g/mol. The number of carbonyl (C=O) groups is 5. The molecule has 1 N–H and O–H groups in total. The van der Waals surface area contributed by atoms with Crippen LogP contribution in [-0.4, -0.2) is 75.8 Å². The van der Waals surface area contributed by atoms with Crippen molar-refractivity contribution in [2.45, 2.75) is 66.2 Å². The number of rotatable bonds is 29. The molecule has 0 saturated carbocycles. The molecule has 0 amide bonds. The normalized spacial score (nSPS) is 10.4. The fraction of sp³-hybridized carbons (Fsp3) is 0.315. The summed E-state index contributed by atoms with van der Waals surface area (Å²) in [6.45, 7) is 23.1. The van der Waals surface area contributed by atoms with Crippen LogP contribution in [0.25, 0.3) is 0 Å². The van der Waals surface area contributed by atoms with E-state index in [0.717, 1.165) is 43.5 Å². The van der Waals surface area contributed by atoms with Gasteiger partial charge < -0.3 is 38.5 Å². The van der Waals surface area contributed by atoms with Crippen LogP contribution in [0.4, 0.5) is 17.1 Å². The molecule has 15 heteroatoms. The minimum atomic E-state index is -0.487. The number of hydrogen-bond donors (Lipinski definition) is 1. The molecule has 0 aliphatic carbocycles. The Morgan fingerprint density at radius 3 is 1.33 bits per heavy atom. The van der Waals surface area contributed by atoms with Gasteiger partial charge in [-0.1, -0.05) is 26.3 Å². The first-order valence-electron chi connectivity index (χ1n) is 22.4. The lowest BCUT2D eigenvalue weighted by atomic mass is 10.1. The number of Topliss-reactive ketones (excluding diaryl/α,β-unsaturated/α-hetero) is 1. The highest BCUT2D eigenvalue weighted by Gasteiger charge is 2.10. The molecule has 4 aromatic carbocycles. The Balaban J connectivity index is 0.000000369. The highest BCUT2D eigenvalue weighted by atomic mass is 16.6. The third-order valence-electron chi connectivity index (χ3n) is 9.25. The van der Waals surface area contributed by atoms with Gasteiger partial charge in [0.25, 0.3) is 0 Å². The summed E-state index contributed by atoms with van der Waals surface area (Å²) in [5, 5.41) is 11.7. The third kappa shape index (κ3) is 23.5. The lowest BCUT2D eigenvalue weighted by Gasteiger charge is -2.09. The van der Waals surface area contributed by atoms with Crippen LogP contribution in [-0.2, 0) is 33.4 Å². The number of hydrogen-bond acceptors (Lipinski definition) is 15. The second-order valence-corrected chi connectivity index (χ2v) is 15.6. The maximum absolute atomic E-state index is 12.4. The van der Waals surface area contributed by atoms with E-state index in [-0.39, 0.29) is 38.2 Å². The molecule has 0 aliphatic heterocycles. The van der Waals surface area contributed by atoms with Crippen molar-refractivity contribution in [1.29, 1.82) is 0 Å². The van der Waals surface area contributed by atoms with Gasteiger partial charge in [-0.2, -0.15) is 10.2 Å². The molecule has 0 saturated heterocycles. The summed E-state index contributed by atoms with van der Waals surface area (Å²) in [6.07, 6.45) is 4.83. The number of ketones is 1. The average molecular weight is 946 g/mol. The number of azo groups is 1. The maximum Gasteiger partial charge on any atom is 0.343 e. The first kappa shape index (κ1) is 55.5. The average Bonchev–Trinajstić information content (AvgIpc) is 3.34. The number of nitrogens with one attached hydrogen (secondary N) is 1. The van der Waals surface area contributed by atoms with Gasteiger partial charge in [0, 0.05) is 35.4 Å². The van der Waals surface area contributed by atoms with Crippen LogP contribution in [0, 0.1) is 0 Å². The van der Waals surface area contributed by atoms with Crippen LogP contribution in [0.5, 0.6) is 23.0 Å². The molecule has 15 nitrogen and oxygen atoms in total. The fourth-order valence-electron chi connectivity index (χ4n) is 5.39. The summed E-state index contributed by atoms with van der Waals surface area (Å²) in [5.41, 5.74) is 4.48. The Morgan fingerprint density at radius 2 is 0.855 bits per heavy atom. The van der Waals surface area contributed by atoms with Crippen LogP contribution in [0.15, 0.2) is 156 Å². The van der Waals surface area contributed by atoms with Crippen molar-refractivity contribution >= 4 is 46.7 Å². The van der Waals surface area contributed by atoms with E-state index in [4.69, 9.17) is 33.2 Å². The SMILES string of the molecule is C=C(C)C(=O)CCCNc1ccc(N=Nc2ccc(OCCOC(=O)C(=C)C)cc2)cc1.C=C(C)C(=O)OCCCCCCOc1ccc(C(=O)Oc2ccc(OCCOC(=O)C(=C)C)cc2)cc1. The van der Waals surface area contributed by atoms with E-state index in [2.05, 4.69) is 41.9 Å². The molecule has 0 fully saturated rings. The van der Waals surface area contributed by atoms with Gasteiger partial charge in [-0.3, -0.25) is 4.79 Å². The molecule has 4 rings (SSSR count). The molecule has 0 heterocycles. The largest absolute Gasteiger partial charge is 0.494 e. The van der Waals surface area contributed by atoms with E-state index in [1.807, 2.05) is 24.3 Å². The number of allylic oxidation sites excluding steroid dienone is 1. The van der Waals surface area contributed by atoms with E-state index >= 15 is 0 Å². The molecule has 0 bridgehead atoms. The van der Waals surface area contributed by atoms with Crippen LogP contribution < -0.4 is 24.3 Å². The summed E-state index contributed by atoms with van der Waals surface area (Å²) in [7, 11) is 0. The highest BCUT2D eigenvalue weighted by Crippen LogP contribution is 2.23. The topological polar surface area (TPSA) is 187 Å². The fourth-order valence-corrected chi connectivity index (χ4v) is 5.39. The Labute approximate surface area is 404 Å². The molecule has 0 radical (unpaired) electrons. The summed E-state index contributed by atoms with van der Waals surface area (Å²) in [6, 6.07) is 28.0. The van der Waals surface area contributed by atoms with Crippen molar-refractivity contribution in [3.8, 4) is 23.0 Å². The van der Waals surface area contributed by atoms with Crippen molar-refractivity contribution in [2.75, 3.05) is 51.5 Å². The first-order valence-corrected chi connectivity index (χ1v) is 22.4. The molecule has 366 valence electrons. The molecular formula is C54H63N3O12. The van der Waals surface area contributed by atoms with Gasteiger partial charge >= 0.3 is 23.9 Å². The molecule has 0 aliphatic rings. The third-order valence-corrected chi connectivity index (χ3v) is 9.25. The van der Waals surface area contributed by atoms with Crippen LogP contribution in [0.2, 0.25) is 0 Å². The van der Waals surface area contributed by atoms with Gasteiger partial charge in [-0.25, -0.2) is 19.2 Å². The molecule has 0 spiro atoms. The van der Waals surface area contributed by atoms with Gasteiger partial charge in [0.15, 0.2) is 5.78 Å². The van der Waals surface area contributed by atoms with Gasteiger partial charge in [-0.05, 0) is 162 Å². The second-order valence-electron chi connectivity index (χ2n) is 15.6. The number of esters is 4. The van der Waals surface area contributed by atoms with E-state index < -0.39 is 17.9 Å². The Morgan fingerprint density at radius 1 is 0.449 bits per heavy atom. The zero-order chi connectivity index (χ0) is 50.4. The van der Waals surface area contributed by atoms with E-state index in [0.29, 0.717) is 82.7 Å². The Hall–Kier alpha value is -7.81. The first-order chi connectivity index (χ1) is 33.1. The summed E-state index contributed by atoms with van der Waals surface area (Å²) in [5.74, 6) is 0.625. The van der Waals surface area contributed by atoms with Crippen molar-refractivity contribution in [3.05, 3.63) is 151 Å². The molecule has 69 heavy (non-hydrogen) atoms. The van der Waals surface area contributed by atoms with Crippen LogP contribution >= 0.6 is 0 Å². The summed E-state index contributed by atoms with van der Waals surface area (Å²) >= 11 is 0. The van der Waals surface area contributed by atoms with Crippen molar-refractivity contribution < 1.29 is 57.1 Å². The van der Waals surface area contributed by atoms with E-state index in [9.17, 15) is 24.0 Å². The lowest BCUT2D eigenvalue weighted by molar-refractivity contribution is -0.140. The van der Waals surface area contributed by atoms with Gasteiger partial charge in [0.1, 0.15) is 49.4 Å². The maximum atomic E-state index is 12.4. The number of carbonyl (C=O) groups excluding carboxylic acids is 5. The molecular weight excluding hydrogens is 883 g/mol. The van der Waals surface area contributed by atoms with Crippen LogP contribution in [0.1, 0.15) is 76.6 Å². The Bertz CT molecular complexity index is 2280. The molecule has 0 atom stereocenters. The van der Waals surface area contributed by atoms with Crippen molar-refractivity contribution in [2.24, 2.45) is 10.2 Å². The Kier molecular flexibility index (Phi) is 25.1. The summed E-state index contributed by atoms with van der Waals surface area (Å²) < 4.78 is 37.1. The lowest BCUT2D eigenvalue weighted by Crippen LogP contribution is -2.12. The standard InChI is InChI=1S/C29H34O8.C25H29N3O4/c1-21(2)27(30)35-18-8-6-5-7-17-33-24-11-9-23(10-12-24)29(32)37-26-15-13-25(14-16-26)34-19-20-36-28(31)22(3)4;1-18(2)24(29)6-5-15-26-20-7-9-21(10-8-20)27-28-22-11-13-23(14-12-22)31-16-17-32-25(30)19(3)4/h9-16H,1,3,5-8,17-20H2,2,4H3;7-14,26H,1,3,5-6,15-17H2,2,4H3.